The van der Waals surface area contributed by atoms with Crippen molar-refractivity contribution in [2.75, 3.05) is 6.61 Å². The molecule has 0 unspecified atom stereocenters. The zero-order valence-corrected chi connectivity index (χ0v) is 18.0. The van der Waals surface area contributed by atoms with Crippen molar-refractivity contribution in [1.29, 1.82) is 0 Å². The summed E-state index contributed by atoms with van der Waals surface area (Å²) in [6.45, 7) is 1.66. The van der Waals surface area contributed by atoms with E-state index in [0.717, 1.165) is 10.0 Å². The molecule has 28 heavy (non-hydrogen) atoms. The Balaban J connectivity index is 1.73. The number of hydrazine groups is 1. The van der Waals surface area contributed by atoms with Gasteiger partial charge in [0.05, 0.1) is 0 Å². The molecule has 2 rings (SSSR count). The van der Waals surface area contributed by atoms with E-state index in [2.05, 4.69) is 32.1 Å². The van der Waals surface area contributed by atoms with Crippen LogP contribution in [0.3, 0.4) is 0 Å². The van der Waals surface area contributed by atoms with Gasteiger partial charge < -0.3 is 4.74 Å². The van der Waals surface area contributed by atoms with Gasteiger partial charge in [-0.3, -0.25) is 25.8 Å². The minimum Gasteiger partial charge on any atom is -0.483 e. The van der Waals surface area contributed by atoms with Crippen LogP contribution in [0.4, 0.5) is 0 Å². The fraction of sp³-hybridized carbons (Fsp3) is 0.105. The molecule has 0 radical (unpaired) electrons. The van der Waals surface area contributed by atoms with E-state index >= 15 is 0 Å². The van der Waals surface area contributed by atoms with Crippen LogP contribution in [0.1, 0.15) is 11.1 Å². The van der Waals surface area contributed by atoms with Gasteiger partial charge in [0.1, 0.15) is 5.75 Å². The molecule has 2 aromatic carbocycles. The van der Waals surface area contributed by atoms with Crippen molar-refractivity contribution < 1.29 is 14.3 Å². The predicted octanol–water partition coefficient (Wildman–Crippen LogP) is 3.53. The fourth-order valence-corrected chi connectivity index (χ4v) is 2.87. The van der Waals surface area contributed by atoms with Gasteiger partial charge in [-0.25, -0.2) is 0 Å². The SMILES string of the molecule is Cc1cc(Br)ccc1OCC(=O)NNC(=S)NC(=O)C=Cc1ccccc1Cl. The predicted molar refractivity (Wildman–Crippen MR) is 117 cm³/mol. The average Bonchev–Trinajstić information content (AvgIpc) is 2.65. The Hall–Kier alpha value is -2.42. The molecule has 2 aromatic rings. The number of hydrogen-bond acceptors (Lipinski definition) is 4. The van der Waals surface area contributed by atoms with Gasteiger partial charge in [-0.15, -0.1) is 0 Å². The Morgan fingerprint density at radius 3 is 2.68 bits per heavy atom. The summed E-state index contributed by atoms with van der Waals surface area (Å²) in [5.74, 6) is -0.321. The van der Waals surface area contributed by atoms with Crippen LogP contribution >= 0.6 is 39.7 Å². The summed E-state index contributed by atoms with van der Waals surface area (Å²) in [6.07, 6.45) is 2.85. The van der Waals surface area contributed by atoms with Crippen LogP contribution < -0.4 is 20.9 Å². The standard InChI is InChI=1S/C19H17BrClN3O3S/c1-12-10-14(20)7-8-16(12)27-11-18(26)23-24-19(28)22-17(25)9-6-13-4-2-3-5-15(13)21/h2-10H,11H2,1H3,(H,23,26)(H2,22,24,25,28). The number of nitrogens with one attached hydrogen (secondary N) is 3. The lowest BCUT2D eigenvalue weighted by Crippen LogP contribution is -2.49. The highest BCUT2D eigenvalue weighted by Gasteiger charge is 2.07. The fourth-order valence-electron chi connectivity index (χ4n) is 2.04. The number of rotatable bonds is 5. The zero-order valence-electron chi connectivity index (χ0n) is 14.8. The topological polar surface area (TPSA) is 79.5 Å². The van der Waals surface area contributed by atoms with Crippen LogP contribution in [0.15, 0.2) is 53.0 Å². The van der Waals surface area contributed by atoms with Gasteiger partial charge >= 0.3 is 0 Å². The van der Waals surface area contributed by atoms with E-state index < -0.39 is 11.8 Å². The summed E-state index contributed by atoms with van der Waals surface area (Å²) in [7, 11) is 0. The van der Waals surface area contributed by atoms with E-state index in [-0.39, 0.29) is 11.7 Å². The second-order valence-corrected chi connectivity index (χ2v) is 7.28. The lowest BCUT2D eigenvalue weighted by molar-refractivity contribution is -0.123. The number of hydrogen-bond donors (Lipinski definition) is 3. The largest absolute Gasteiger partial charge is 0.483 e. The van der Waals surface area contributed by atoms with Gasteiger partial charge in [0.15, 0.2) is 11.7 Å². The highest BCUT2D eigenvalue weighted by atomic mass is 79.9. The molecule has 0 saturated heterocycles. The molecule has 0 aliphatic carbocycles. The van der Waals surface area contributed by atoms with Gasteiger partial charge in [-0.1, -0.05) is 45.7 Å². The lowest BCUT2D eigenvalue weighted by atomic mass is 10.2. The summed E-state index contributed by atoms with van der Waals surface area (Å²) >= 11 is 14.3. The molecular formula is C19H17BrClN3O3S. The maximum atomic E-state index is 11.8. The second kappa shape index (κ2) is 10.8. The molecule has 3 N–H and O–H groups in total. The van der Waals surface area contributed by atoms with E-state index in [0.29, 0.717) is 16.3 Å². The Bertz CT molecular complexity index is 921. The highest BCUT2D eigenvalue weighted by molar-refractivity contribution is 9.10. The summed E-state index contributed by atoms with van der Waals surface area (Å²) in [5, 5.41) is 2.88. The molecular weight excluding hydrogens is 466 g/mol. The first-order valence-corrected chi connectivity index (χ1v) is 9.64. The minimum absolute atomic E-state index is 0.0537. The second-order valence-electron chi connectivity index (χ2n) is 5.54. The maximum absolute atomic E-state index is 11.8. The van der Waals surface area contributed by atoms with E-state index in [4.69, 9.17) is 28.6 Å². The van der Waals surface area contributed by atoms with E-state index in [1.807, 2.05) is 25.1 Å². The number of aryl methyl sites for hydroxylation is 1. The number of ether oxygens (including phenoxy) is 1. The number of halogens is 2. The van der Waals surface area contributed by atoms with Gasteiger partial charge in [0, 0.05) is 15.6 Å². The number of carbonyl (C=O) groups is 2. The molecule has 2 amide bonds. The van der Waals surface area contributed by atoms with Crippen molar-refractivity contribution in [3.8, 4) is 5.75 Å². The monoisotopic (exact) mass is 481 g/mol. The van der Waals surface area contributed by atoms with Crippen LogP contribution in [-0.4, -0.2) is 23.5 Å². The zero-order chi connectivity index (χ0) is 20.5. The van der Waals surface area contributed by atoms with Crippen molar-refractivity contribution >= 4 is 62.8 Å². The minimum atomic E-state index is -0.464. The third kappa shape index (κ3) is 7.30. The van der Waals surface area contributed by atoms with Gasteiger partial charge in [0.25, 0.3) is 5.91 Å². The van der Waals surface area contributed by atoms with Crippen LogP contribution in [-0.2, 0) is 9.59 Å². The van der Waals surface area contributed by atoms with Crippen molar-refractivity contribution in [1.82, 2.24) is 16.2 Å². The summed E-state index contributed by atoms with van der Waals surface area (Å²) in [4.78, 5) is 23.7. The molecule has 0 aromatic heterocycles. The molecule has 0 spiro atoms. The Morgan fingerprint density at radius 2 is 1.96 bits per heavy atom. The van der Waals surface area contributed by atoms with E-state index in [1.165, 1.54) is 6.08 Å². The highest BCUT2D eigenvalue weighted by Crippen LogP contribution is 2.21. The molecule has 0 saturated carbocycles. The molecule has 9 heteroatoms. The first-order chi connectivity index (χ1) is 13.3. The average molecular weight is 483 g/mol. The molecule has 0 heterocycles. The van der Waals surface area contributed by atoms with Crippen LogP contribution in [0.5, 0.6) is 5.75 Å². The number of thiocarbonyl (C=S) groups is 1. The molecule has 0 aliphatic heterocycles. The third-order valence-electron chi connectivity index (χ3n) is 3.37. The van der Waals surface area contributed by atoms with Crippen LogP contribution in [0, 0.1) is 6.92 Å². The Labute approximate surface area is 181 Å². The first-order valence-electron chi connectivity index (χ1n) is 8.06. The normalized spacial score (nSPS) is 10.4. The number of benzene rings is 2. The molecule has 6 nitrogen and oxygen atoms in total. The van der Waals surface area contributed by atoms with Crippen molar-refractivity contribution in [3.05, 3.63) is 69.2 Å². The molecule has 0 atom stereocenters. The first kappa shape index (κ1) is 21.9. The smallest absolute Gasteiger partial charge is 0.276 e. The lowest BCUT2D eigenvalue weighted by Gasteiger charge is -2.11. The molecule has 0 fully saturated rings. The summed E-state index contributed by atoms with van der Waals surface area (Å²) in [5.41, 5.74) is 6.38. The number of carbonyl (C=O) groups excluding carboxylic acids is 2. The Kier molecular flexibility index (Phi) is 8.43. The van der Waals surface area contributed by atoms with Gasteiger partial charge in [-0.05, 0) is 60.6 Å². The summed E-state index contributed by atoms with van der Waals surface area (Å²) < 4.78 is 6.36. The molecule has 146 valence electrons. The summed E-state index contributed by atoms with van der Waals surface area (Å²) in [6, 6.07) is 12.6. The third-order valence-corrected chi connectivity index (χ3v) is 4.41. The van der Waals surface area contributed by atoms with Crippen molar-refractivity contribution in [2.24, 2.45) is 0 Å². The number of amides is 2. The van der Waals surface area contributed by atoms with Crippen molar-refractivity contribution in [3.63, 3.8) is 0 Å². The van der Waals surface area contributed by atoms with E-state index in [1.54, 1.807) is 30.3 Å². The van der Waals surface area contributed by atoms with Crippen LogP contribution in [0.25, 0.3) is 6.08 Å². The maximum Gasteiger partial charge on any atom is 0.276 e. The Morgan fingerprint density at radius 1 is 1.21 bits per heavy atom. The van der Waals surface area contributed by atoms with Crippen LogP contribution in [0.2, 0.25) is 5.02 Å². The molecule has 0 aliphatic rings. The van der Waals surface area contributed by atoms with E-state index in [9.17, 15) is 9.59 Å². The van der Waals surface area contributed by atoms with Gasteiger partial charge in [-0.2, -0.15) is 0 Å². The quantitative estimate of drug-likeness (QED) is 0.345. The molecule has 0 bridgehead atoms. The van der Waals surface area contributed by atoms with Gasteiger partial charge in [0.2, 0.25) is 5.91 Å². The van der Waals surface area contributed by atoms with Crippen molar-refractivity contribution in [2.45, 2.75) is 6.92 Å².